The van der Waals surface area contributed by atoms with Crippen LogP contribution < -0.4 is 10.1 Å². The number of ether oxygens (including phenoxy) is 1. The Hall–Kier alpha value is -2.32. The maximum Gasteiger partial charge on any atom is 0.426 e. The van der Waals surface area contributed by atoms with Crippen molar-refractivity contribution >= 4 is 17.3 Å². The van der Waals surface area contributed by atoms with E-state index in [0.29, 0.717) is 6.07 Å². The number of hydrogen-bond acceptors (Lipinski definition) is 4. The number of amides is 1. The van der Waals surface area contributed by atoms with E-state index in [1.165, 1.54) is 0 Å². The minimum atomic E-state index is -4.99. The first-order valence-corrected chi connectivity index (χ1v) is 5.83. The highest BCUT2D eigenvalue weighted by Gasteiger charge is 2.43. The van der Waals surface area contributed by atoms with Crippen molar-refractivity contribution in [2.24, 2.45) is 5.92 Å². The zero-order chi connectivity index (χ0) is 16.4. The van der Waals surface area contributed by atoms with E-state index in [2.05, 4.69) is 10.1 Å². The fourth-order valence-corrected chi connectivity index (χ4v) is 1.59. The normalized spacial score (nSPS) is 11.4. The molecule has 1 aromatic carbocycles. The van der Waals surface area contributed by atoms with Gasteiger partial charge in [0.2, 0.25) is 5.91 Å². The summed E-state index contributed by atoms with van der Waals surface area (Å²) in [6.45, 7) is 3.11. The number of alkyl halides is 3. The van der Waals surface area contributed by atoms with Crippen LogP contribution >= 0.6 is 0 Å². The summed E-state index contributed by atoms with van der Waals surface area (Å²) in [6.07, 6.45) is -4.99. The zero-order valence-corrected chi connectivity index (χ0v) is 11.4. The van der Waals surface area contributed by atoms with Gasteiger partial charge in [-0.05, 0) is 6.07 Å². The molecule has 1 rings (SSSR count). The highest BCUT2D eigenvalue weighted by atomic mass is 19.4. The molecule has 0 fully saturated rings. The molecular formula is C12H13F3N2O4. The van der Waals surface area contributed by atoms with Crippen LogP contribution in [-0.4, -0.2) is 17.9 Å². The first-order chi connectivity index (χ1) is 9.59. The number of hydrogen-bond donors (Lipinski definition) is 1. The Kier molecular flexibility index (Phi) is 4.77. The summed E-state index contributed by atoms with van der Waals surface area (Å²) in [5.74, 6) is -1.79. The monoisotopic (exact) mass is 306 g/mol. The van der Waals surface area contributed by atoms with Crippen LogP contribution in [-0.2, 0) is 11.0 Å². The van der Waals surface area contributed by atoms with E-state index in [-0.39, 0.29) is 5.69 Å². The van der Waals surface area contributed by atoms with Gasteiger partial charge in [0.25, 0.3) is 5.69 Å². The molecule has 9 heteroatoms. The molecule has 0 radical (unpaired) electrons. The number of carbonyl (C=O) groups excluding carboxylic acids is 1. The molecule has 6 nitrogen and oxygen atoms in total. The van der Waals surface area contributed by atoms with Crippen molar-refractivity contribution in [3.05, 3.63) is 27.8 Å². The van der Waals surface area contributed by atoms with Gasteiger partial charge < -0.3 is 10.1 Å². The Morgan fingerprint density at radius 3 is 2.33 bits per heavy atom. The van der Waals surface area contributed by atoms with Crippen LogP contribution in [0.3, 0.4) is 0 Å². The van der Waals surface area contributed by atoms with Crippen LogP contribution in [0, 0.1) is 16.0 Å². The maximum atomic E-state index is 13.0. The molecule has 0 bridgehead atoms. The number of nitrogens with zero attached hydrogens (tertiary/aromatic N) is 1. The van der Waals surface area contributed by atoms with E-state index in [9.17, 15) is 28.1 Å². The number of benzene rings is 1. The summed E-state index contributed by atoms with van der Waals surface area (Å²) in [5.41, 5.74) is -2.94. The summed E-state index contributed by atoms with van der Waals surface area (Å²) in [4.78, 5) is 21.2. The summed E-state index contributed by atoms with van der Waals surface area (Å²) < 4.78 is 43.7. The Morgan fingerprint density at radius 1 is 1.38 bits per heavy atom. The Morgan fingerprint density at radius 2 is 1.95 bits per heavy atom. The third kappa shape index (κ3) is 3.61. The third-order valence-electron chi connectivity index (χ3n) is 2.60. The van der Waals surface area contributed by atoms with Gasteiger partial charge in [0, 0.05) is 12.0 Å². The van der Waals surface area contributed by atoms with Crippen LogP contribution in [0.1, 0.15) is 19.4 Å². The van der Waals surface area contributed by atoms with Crippen molar-refractivity contribution in [1.82, 2.24) is 0 Å². The summed E-state index contributed by atoms with van der Waals surface area (Å²) in [7, 11) is 0.944. The first-order valence-electron chi connectivity index (χ1n) is 5.83. The molecule has 0 aliphatic carbocycles. The average molecular weight is 306 g/mol. The van der Waals surface area contributed by atoms with Crippen LogP contribution in [0.5, 0.6) is 5.75 Å². The second kappa shape index (κ2) is 5.98. The first kappa shape index (κ1) is 16.7. The number of methoxy groups -OCH3 is 1. The standard InChI is InChI=1S/C12H13F3N2O4/c1-6(2)11(18)16-7-4-5-8(17(19)20)9(10(7)21-3)12(13,14)15/h4-6H,1-3H3,(H,16,18). The highest BCUT2D eigenvalue weighted by Crippen LogP contribution is 2.45. The zero-order valence-electron chi connectivity index (χ0n) is 11.4. The van der Waals surface area contributed by atoms with Crippen LogP contribution in [0.2, 0.25) is 0 Å². The molecule has 0 saturated carbocycles. The Labute approximate surface area is 118 Å². The molecule has 0 spiro atoms. The van der Waals surface area contributed by atoms with Crippen LogP contribution in [0.15, 0.2) is 12.1 Å². The van der Waals surface area contributed by atoms with Crippen molar-refractivity contribution < 1.29 is 27.6 Å². The lowest BCUT2D eigenvalue weighted by atomic mass is 10.1. The van der Waals surface area contributed by atoms with E-state index >= 15 is 0 Å². The van der Waals surface area contributed by atoms with E-state index in [1.807, 2.05) is 0 Å². The van der Waals surface area contributed by atoms with Gasteiger partial charge in [-0.2, -0.15) is 13.2 Å². The summed E-state index contributed by atoms with van der Waals surface area (Å²) >= 11 is 0. The minimum Gasteiger partial charge on any atom is -0.494 e. The second-order valence-electron chi connectivity index (χ2n) is 4.44. The molecule has 0 aliphatic heterocycles. The lowest BCUT2D eigenvalue weighted by Gasteiger charge is -2.17. The third-order valence-corrected chi connectivity index (χ3v) is 2.60. The predicted molar refractivity (Wildman–Crippen MR) is 68.1 cm³/mol. The number of rotatable bonds is 4. The smallest absolute Gasteiger partial charge is 0.426 e. The van der Waals surface area contributed by atoms with Gasteiger partial charge >= 0.3 is 6.18 Å². The van der Waals surface area contributed by atoms with E-state index < -0.39 is 39.9 Å². The van der Waals surface area contributed by atoms with E-state index in [0.717, 1.165) is 13.2 Å². The molecule has 21 heavy (non-hydrogen) atoms. The van der Waals surface area contributed by atoms with E-state index in [4.69, 9.17) is 0 Å². The molecule has 1 amide bonds. The van der Waals surface area contributed by atoms with Gasteiger partial charge in [0.05, 0.1) is 17.7 Å². The fourth-order valence-electron chi connectivity index (χ4n) is 1.59. The van der Waals surface area contributed by atoms with Gasteiger partial charge in [0.15, 0.2) is 11.3 Å². The Bertz CT molecular complexity index is 570. The van der Waals surface area contributed by atoms with Crippen molar-refractivity contribution in [3.8, 4) is 5.75 Å². The molecule has 0 heterocycles. The molecule has 0 aliphatic rings. The van der Waals surface area contributed by atoms with Crippen LogP contribution in [0.25, 0.3) is 0 Å². The molecular weight excluding hydrogens is 293 g/mol. The number of carbonyl (C=O) groups is 1. The van der Waals surface area contributed by atoms with Crippen molar-refractivity contribution in [2.45, 2.75) is 20.0 Å². The van der Waals surface area contributed by atoms with Crippen molar-refractivity contribution in [3.63, 3.8) is 0 Å². The topological polar surface area (TPSA) is 81.5 Å². The van der Waals surface area contributed by atoms with Gasteiger partial charge in [-0.1, -0.05) is 13.8 Å². The fraction of sp³-hybridized carbons (Fsp3) is 0.417. The molecule has 0 atom stereocenters. The number of nitro benzene ring substituents is 1. The summed E-state index contributed by atoms with van der Waals surface area (Å²) in [5, 5.41) is 13.0. The van der Waals surface area contributed by atoms with Crippen molar-refractivity contribution in [1.29, 1.82) is 0 Å². The van der Waals surface area contributed by atoms with Gasteiger partial charge in [-0.15, -0.1) is 0 Å². The summed E-state index contributed by atoms with van der Waals surface area (Å²) in [6, 6.07) is 1.69. The molecule has 0 aromatic heterocycles. The number of anilines is 1. The van der Waals surface area contributed by atoms with Gasteiger partial charge in [0.1, 0.15) is 0 Å². The molecule has 0 saturated heterocycles. The molecule has 0 unspecified atom stereocenters. The van der Waals surface area contributed by atoms with Crippen molar-refractivity contribution in [2.75, 3.05) is 12.4 Å². The minimum absolute atomic E-state index is 0.269. The average Bonchev–Trinajstić information content (AvgIpc) is 2.36. The maximum absolute atomic E-state index is 13.0. The molecule has 1 aromatic rings. The van der Waals surface area contributed by atoms with Gasteiger partial charge in [-0.25, -0.2) is 0 Å². The molecule has 116 valence electrons. The van der Waals surface area contributed by atoms with E-state index in [1.54, 1.807) is 13.8 Å². The number of nitro groups is 1. The lowest BCUT2D eigenvalue weighted by molar-refractivity contribution is -0.388. The number of halogens is 3. The SMILES string of the molecule is COc1c(NC(=O)C(C)C)ccc([N+](=O)[O-])c1C(F)(F)F. The largest absolute Gasteiger partial charge is 0.494 e. The predicted octanol–water partition coefficient (Wildman–Crippen LogP) is 3.22. The van der Waals surface area contributed by atoms with Gasteiger partial charge in [-0.3, -0.25) is 14.9 Å². The lowest BCUT2D eigenvalue weighted by Crippen LogP contribution is -2.20. The van der Waals surface area contributed by atoms with Crippen LogP contribution in [0.4, 0.5) is 24.5 Å². The molecule has 1 N–H and O–H groups in total. The quantitative estimate of drug-likeness (QED) is 0.684. The second-order valence-corrected chi connectivity index (χ2v) is 4.44. The Balaban J connectivity index is 3.50. The highest BCUT2D eigenvalue weighted by molar-refractivity contribution is 5.94. The number of nitrogens with one attached hydrogen (secondary N) is 1.